The summed E-state index contributed by atoms with van der Waals surface area (Å²) in [5.74, 6) is 0.678. The van der Waals surface area contributed by atoms with Crippen molar-refractivity contribution in [3.8, 4) is 0 Å². The van der Waals surface area contributed by atoms with Gasteiger partial charge in [-0.05, 0) is 69.0 Å². The lowest BCUT2D eigenvalue weighted by atomic mass is 9.83. The third-order valence-electron chi connectivity index (χ3n) is 5.90. The average molecular weight is 325 g/mol. The van der Waals surface area contributed by atoms with Gasteiger partial charge in [0.15, 0.2) is 0 Å². The lowest BCUT2D eigenvalue weighted by Crippen LogP contribution is -2.51. The number of hydrogen-bond acceptors (Lipinski definition) is 2. The molecule has 2 aliphatic heterocycles. The summed E-state index contributed by atoms with van der Waals surface area (Å²) >= 11 is 0. The Morgan fingerprint density at radius 3 is 2.96 bits per heavy atom. The van der Waals surface area contributed by atoms with E-state index in [9.17, 15) is 4.79 Å². The van der Waals surface area contributed by atoms with Gasteiger partial charge in [0, 0.05) is 42.3 Å². The minimum Gasteiger partial charge on any atom is -0.352 e. The molecular formula is C20H27N3O. The van der Waals surface area contributed by atoms with Crippen molar-refractivity contribution in [3.63, 3.8) is 0 Å². The normalized spacial score (nSPS) is 24.7. The zero-order valence-corrected chi connectivity index (χ0v) is 14.5. The first-order valence-electron chi connectivity index (χ1n) is 9.30. The molecule has 2 fully saturated rings. The summed E-state index contributed by atoms with van der Waals surface area (Å²) in [5, 5.41) is 4.33. The molecule has 128 valence electrons. The molecule has 1 amide bonds. The van der Waals surface area contributed by atoms with Crippen LogP contribution >= 0.6 is 0 Å². The smallest absolute Gasteiger partial charge is 0.251 e. The van der Waals surface area contributed by atoms with Crippen molar-refractivity contribution in [2.24, 2.45) is 13.0 Å². The summed E-state index contributed by atoms with van der Waals surface area (Å²) in [6.07, 6.45) is 8.54. The third-order valence-corrected chi connectivity index (χ3v) is 5.90. The summed E-state index contributed by atoms with van der Waals surface area (Å²) < 4.78 is 2.08. The first-order chi connectivity index (χ1) is 11.7. The molecule has 2 aromatic rings. The highest BCUT2D eigenvalue weighted by molar-refractivity contribution is 5.98. The van der Waals surface area contributed by atoms with Crippen LogP contribution in [0.4, 0.5) is 0 Å². The van der Waals surface area contributed by atoms with Crippen LogP contribution in [0.3, 0.4) is 0 Å². The van der Waals surface area contributed by atoms with Crippen LogP contribution in [-0.2, 0) is 7.05 Å². The van der Waals surface area contributed by atoms with Crippen LogP contribution < -0.4 is 5.32 Å². The summed E-state index contributed by atoms with van der Waals surface area (Å²) in [4.78, 5) is 15.2. The molecule has 3 heterocycles. The van der Waals surface area contributed by atoms with Crippen LogP contribution in [0.25, 0.3) is 10.9 Å². The Hall–Kier alpha value is -1.81. The topological polar surface area (TPSA) is 37.3 Å². The van der Waals surface area contributed by atoms with Gasteiger partial charge in [-0.3, -0.25) is 4.79 Å². The fraction of sp³-hybridized carbons (Fsp3) is 0.550. The molecule has 0 saturated carbocycles. The van der Waals surface area contributed by atoms with E-state index in [0.717, 1.165) is 23.0 Å². The molecule has 0 aliphatic carbocycles. The number of piperidine rings is 2. The van der Waals surface area contributed by atoms with E-state index in [2.05, 4.69) is 20.9 Å². The Bertz CT molecular complexity index is 734. The molecule has 0 spiro atoms. The van der Waals surface area contributed by atoms with Crippen LogP contribution in [0, 0.1) is 5.92 Å². The van der Waals surface area contributed by atoms with Crippen molar-refractivity contribution < 1.29 is 4.79 Å². The van der Waals surface area contributed by atoms with E-state index in [-0.39, 0.29) is 5.91 Å². The van der Waals surface area contributed by atoms with Crippen molar-refractivity contribution in [3.05, 3.63) is 36.0 Å². The number of amides is 1. The Kier molecular flexibility index (Phi) is 4.31. The van der Waals surface area contributed by atoms with Crippen LogP contribution in [-0.4, -0.2) is 41.1 Å². The van der Waals surface area contributed by atoms with E-state index < -0.39 is 0 Å². The van der Waals surface area contributed by atoms with Gasteiger partial charge in [-0.15, -0.1) is 0 Å². The van der Waals surface area contributed by atoms with Crippen LogP contribution in [0.15, 0.2) is 30.5 Å². The zero-order valence-electron chi connectivity index (χ0n) is 14.5. The fourth-order valence-electron chi connectivity index (χ4n) is 4.56. The second kappa shape index (κ2) is 6.60. The number of aryl methyl sites for hydroxylation is 1. The SMILES string of the molecule is Cn1ccc2cc(C(=O)NC[C@H]3CCCN4CCCC[C@H]34)ccc21. The maximum atomic E-state index is 12.6. The van der Waals surface area contributed by atoms with Crippen LogP contribution in [0.5, 0.6) is 0 Å². The Balaban J connectivity index is 1.41. The Labute approximate surface area is 143 Å². The van der Waals surface area contributed by atoms with Gasteiger partial charge in [-0.1, -0.05) is 6.42 Å². The molecule has 1 aromatic heterocycles. The van der Waals surface area contributed by atoms with Gasteiger partial charge in [-0.2, -0.15) is 0 Å². The quantitative estimate of drug-likeness (QED) is 0.941. The number of hydrogen-bond donors (Lipinski definition) is 1. The minimum atomic E-state index is 0.0636. The molecule has 2 atom stereocenters. The molecule has 4 nitrogen and oxygen atoms in total. The van der Waals surface area contributed by atoms with E-state index in [1.165, 1.54) is 45.2 Å². The highest BCUT2D eigenvalue weighted by atomic mass is 16.1. The van der Waals surface area contributed by atoms with Crippen molar-refractivity contribution in [1.82, 2.24) is 14.8 Å². The number of carbonyl (C=O) groups is 1. The molecule has 1 aromatic carbocycles. The molecule has 0 unspecified atom stereocenters. The van der Waals surface area contributed by atoms with Crippen LogP contribution in [0.2, 0.25) is 0 Å². The number of nitrogens with one attached hydrogen (secondary N) is 1. The molecule has 2 aliphatic rings. The molecular weight excluding hydrogens is 298 g/mol. The number of fused-ring (bicyclic) bond motifs is 2. The van der Waals surface area contributed by atoms with Crippen molar-refractivity contribution in [2.75, 3.05) is 19.6 Å². The predicted molar refractivity (Wildman–Crippen MR) is 97.2 cm³/mol. The van der Waals surface area contributed by atoms with Gasteiger partial charge >= 0.3 is 0 Å². The molecule has 2 saturated heterocycles. The summed E-state index contributed by atoms with van der Waals surface area (Å²) in [6.45, 7) is 3.31. The Morgan fingerprint density at radius 2 is 2.04 bits per heavy atom. The lowest BCUT2D eigenvalue weighted by molar-refractivity contribution is 0.0575. The summed E-state index contributed by atoms with van der Waals surface area (Å²) in [6, 6.07) is 8.72. The minimum absolute atomic E-state index is 0.0636. The molecule has 4 heteroatoms. The average Bonchev–Trinajstić information content (AvgIpc) is 3.00. The second-order valence-corrected chi connectivity index (χ2v) is 7.41. The standard InChI is InChI=1S/C20H27N3O/c1-22-12-9-15-13-16(7-8-18(15)22)20(24)21-14-17-5-4-11-23-10-3-2-6-19(17)23/h7-9,12-13,17,19H,2-6,10-11,14H2,1H3,(H,21,24)/t17-,19-/m1/s1. The predicted octanol–water partition coefficient (Wildman–Crippen LogP) is 3.17. The summed E-state index contributed by atoms with van der Waals surface area (Å²) in [7, 11) is 2.03. The second-order valence-electron chi connectivity index (χ2n) is 7.41. The Morgan fingerprint density at radius 1 is 1.17 bits per heavy atom. The monoisotopic (exact) mass is 325 g/mol. The van der Waals surface area contributed by atoms with Gasteiger partial charge in [0.2, 0.25) is 0 Å². The van der Waals surface area contributed by atoms with E-state index in [0.29, 0.717) is 12.0 Å². The molecule has 0 radical (unpaired) electrons. The van der Waals surface area contributed by atoms with E-state index in [1.807, 2.05) is 31.4 Å². The summed E-state index contributed by atoms with van der Waals surface area (Å²) in [5.41, 5.74) is 1.93. The number of nitrogens with zero attached hydrogens (tertiary/aromatic N) is 2. The molecule has 24 heavy (non-hydrogen) atoms. The van der Waals surface area contributed by atoms with Gasteiger partial charge in [0.1, 0.15) is 0 Å². The van der Waals surface area contributed by atoms with Gasteiger partial charge in [0.05, 0.1) is 0 Å². The molecule has 1 N–H and O–H groups in total. The first-order valence-corrected chi connectivity index (χ1v) is 9.30. The number of aromatic nitrogens is 1. The van der Waals surface area contributed by atoms with Gasteiger partial charge < -0.3 is 14.8 Å². The zero-order chi connectivity index (χ0) is 16.5. The number of carbonyl (C=O) groups excluding carboxylic acids is 1. The van der Waals surface area contributed by atoms with Crippen LogP contribution in [0.1, 0.15) is 42.5 Å². The van der Waals surface area contributed by atoms with Crippen molar-refractivity contribution in [2.45, 2.75) is 38.1 Å². The maximum absolute atomic E-state index is 12.6. The molecule has 4 rings (SSSR count). The third kappa shape index (κ3) is 2.95. The van der Waals surface area contributed by atoms with E-state index in [4.69, 9.17) is 0 Å². The lowest BCUT2D eigenvalue weighted by Gasteiger charge is -2.44. The van der Waals surface area contributed by atoms with Crippen molar-refractivity contribution >= 4 is 16.8 Å². The number of rotatable bonds is 3. The van der Waals surface area contributed by atoms with E-state index in [1.54, 1.807) is 0 Å². The van der Waals surface area contributed by atoms with E-state index >= 15 is 0 Å². The maximum Gasteiger partial charge on any atom is 0.251 e. The first kappa shape index (κ1) is 15.7. The fourth-order valence-corrected chi connectivity index (χ4v) is 4.56. The van der Waals surface area contributed by atoms with Gasteiger partial charge in [0.25, 0.3) is 5.91 Å². The van der Waals surface area contributed by atoms with Gasteiger partial charge in [-0.25, -0.2) is 0 Å². The van der Waals surface area contributed by atoms with Crippen molar-refractivity contribution in [1.29, 1.82) is 0 Å². The molecule has 0 bridgehead atoms. The highest BCUT2D eigenvalue weighted by Gasteiger charge is 2.32. The number of benzene rings is 1. The highest BCUT2D eigenvalue weighted by Crippen LogP contribution is 2.30. The largest absolute Gasteiger partial charge is 0.352 e.